The van der Waals surface area contributed by atoms with Crippen molar-refractivity contribution in [2.75, 3.05) is 24.5 Å². The number of para-hydroxylation sites is 1. The summed E-state index contributed by atoms with van der Waals surface area (Å²) in [6, 6.07) is 13.5. The van der Waals surface area contributed by atoms with E-state index >= 15 is 0 Å². The predicted molar refractivity (Wildman–Crippen MR) is 97.4 cm³/mol. The van der Waals surface area contributed by atoms with Crippen molar-refractivity contribution >= 4 is 21.6 Å². The van der Waals surface area contributed by atoms with Crippen LogP contribution in [0.1, 0.15) is 12.5 Å². The van der Waals surface area contributed by atoms with E-state index in [0.29, 0.717) is 12.2 Å². The molecule has 0 saturated heterocycles. The minimum absolute atomic E-state index is 0.0307. The number of hydrogen-bond donors (Lipinski definition) is 1. The second-order valence-electron chi connectivity index (χ2n) is 5.46. The number of carbonyl (C=O) groups is 1. The molecule has 0 bridgehead atoms. The zero-order valence-corrected chi connectivity index (χ0v) is 15.3. The first-order chi connectivity index (χ1) is 11.9. The summed E-state index contributed by atoms with van der Waals surface area (Å²) in [6.45, 7) is 3.70. The van der Waals surface area contributed by atoms with Crippen LogP contribution in [0.25, 0.3) is 0 Å². The Morgan fingerprint density at radius 3 is 2.44 bits per heavy atom. The summed E-state index contributed by atoms with van der Waals surface area (Å²) in [6.07, 6.45) is 0. The fourth-order valence-corrected chi connectivity index (χ4v) is 4.06. The third-order valence-electron chi connectivity index (χ3n) is 3.59. The number of rotatable bonds is 7. The Morgan fingerprint density at radius 2 is 1.84 bits per heavy atom. The number of anilines is 1. The zero-order chi connectivity index (χ0) is 18.4. The van der Waals surface area contributed by atoms with Crippen molar-refractivity contribution in [1.82, 2.24) is 5.32 Å². The van der Waals surface area contributed by atoms with E-state index in [4.69, 9.17) is 4.74 Å². The van der Waals surface area contributed by atoms with Crippen molar-refractivity contribution in [3.8, 4) is 5.75 Å². The van der Waals surface area contributed by atoms with E-state index in [2.05, 4.69) is 5.32 Å². The van der Waals surface area contributed by atoms with Gasteiger partial charge in [0.1, 0.15) is 17.2 Å². The van der Waals surface area contributed by atoms with Crippen molar-refractivity contribution in [1.29, 1.82) is 0 Å². The monoisotopic (exact) mass is 362 g/mol. The van der Waals surface area contributed by atoms with Crippen molar-refractivity contribution in [3.05, 3.63) is 54.1 Å². The first kappa shape index (κ1) is 18.8. The molecule has 2 aromatic rings. The minimum atomic E-state index is -3.99. The standard InChI is InChI=1S/C18H22N2O4S/c1-4-19-18(21)13-20(15-8-6-5-7-9-15)25(22,23)17-12-14(2)10-11-16(17)24-3/h5-12H,4,13H2,1-3H3,(H,19,21). The quantitative estimate of drug-likeness (QED) is 0.820. The fourth-order valence-electron chi connectivity index (χ4n) is 2.40. The molecule has 0 saturated carbocycles. The second-order valence-corrected chi connectivity index (χ2v) is 7.29. The average Bonchev–Trinajstić information content (AvgIpc) is 2.60. The lowest BCUT2D eigenvalue weighted by molar-refractivity contribution is -0.119. The zero-order valence-electron chi connectivity index (χ0n) is 14.5. The summed E-state index contributed by atoms with van der Waals surface area (Å²) in [5, 5.41) is 2.63. The average molecular weight is 362 g/mol. The third-order valence-corrected chi connectivity index (χ3v) is 5.39. The molecule has 0 radical (unpaired) electrons. The van der Waals surface area contributed by atoms with E-state index in [1.165, 1.54) is 7.11 Å². The topological polar surface area (TPSA) is 75.7 Å². The normalized spacial score (nSPS) is 11.0. The molecule has 25 heavy (non-hydrogen) atoms. The molecule has 2 rings (SSSR count). The number of nitrogens with one attached hydrogen (secondary N) is 1. The number of nitrogens with zero attached hydrogens (tertiary/aromatic N) is 1. The van der Waals surface area contributed by atoms with Crippen LogP contribution in [-0.2, 0) is 14.8 Å². The van der Waals surface area contributed by atoms with E-state index in [9.17, 15) is 13.2 Å². The second kappa shape index (κ2) is 8.02. The number of hydrogen-bond acceptors (Lipinski definition) is 4. The van der Waals surface area contributed by atoms with E-state index in [1.54, 1.807) is 62.4 Å². The number of sulfonamides is 1. The first-order valence-corrected chi connectivity index (χ1v) is 9.33. The summed E-state index contributed by atoms with van der Waals surface area (Å²) < 4.78 is 32.9. The van der Waals surface area contributed by atoms with Crippen LogP contribution in [-0.4, -0.2) is 34.5 Å². The summed E-state index contributed by atoms with van der Waals surface area (Å²) >= 11 is 0. The minimum Gasteiger partial charge on any atom is -0.495 e. The van der Waals surface area contributed by atoms with Gasteiger partial charge in [-0.05, 0) is 43.7 Å². The maximum atomic E-state index is 13.3. The van der Waals surface area contributed by atoms with Gasteiger partial charge in [0.05, 0.1) is 12.8 Å². The SMILES string of the molecule is CCNC(=O)CN(c1ccccc1)S(=O)(=O)c1cc(C)ccc1OC. The molecule has 0 aliphatic carbocycles. The Bertz CT molecular complexity index is 835. The Balaban J connectivity index is 2.56. The number of carbonyl (C=O) groups excluding carboxylic acids is 1. The number of amides is 1. The highest BCUT2D eigenvalue weighted by Crippen LogP contribution is 2.30. The van der Waals surface area contributed by atoms with Crippen molar-refractivity contribution < 1.29 is 17.9 Å². The van der Waals surface area contributed by atoms with Crippen molar-refractivity contribution in [2.24, 2.45) is 0 Å². The molecule has 6 nitrogen and oxygen atoms in total. The number of ether oxygens (including phenoxy) is 1. The molecular weight excluding hydrogens is 340 g/mol. The lowest BCUT2D eigenvalue weighted by atomic mass is 10.2. The van der Waals surface area contributed by atoms with E-state index in [-0.39, 0.29) is 23.1 Å². The first-order valence-electron chi connectivity index (χ1n) is 7.89. The molecule has 0 aliphatic rings. The lowest BCUT2D eigenvalue weighted by Crippen LogP contribution is -2.41. The van der Waals surface area contributed by atoms with Gasteiger partial charge in [0.15, 0.2) is 0 Å². The molecule has 0 atom stereocenters. The smallest absolute Gasteiger partial charge is 0.268 e. The van der Waals surface area contributed by atoms with Gasteiger partial charge in [0.2, 0.25) is 5.91 Å². The summed E-state index contributed by atoms with van der Waals surface area (Å²) in [5.74, 6) is -0.135. The molecule has 2 aromatic carbocycles. The Labute approximate surface area is 148 Å². The van der Waals surface area contributed by atoms with Gasteiger partial charge < -0.3 is 10.1 Å². The van der Waals surface area contributed by atoms with Gasteiger partial charge in [-0.25, -0.2) is 8.42 Å². The fraction of sp³-hybridized carbons (Fsp3) is 0.278. The molecule has 1 amide bonds. The van der Waals surface area contributed by atoms with Crippen LogP contribution in [0.2, 0.25) is 0 Å². The predicted octanol–water partition coefficient (Wildman–Crippen LogP) is 2.34. The molecule has 0 unspecified atom stereocenters. The van der Waals surface area contributed by atoms with Gasteiger partial charge in [0.25, 0.3) is 10.0 Å². The molecule has 0 aromatic heterocycles. The summed E-state index contributed by atoms with van der Waals surface area (Å²) in [4.78, 5) is 12.1. The maximum Gasteiger partial charge on any atom is 0.268 e. The van der Waals surface area contributed by atoms with Crippen LogP contribution in [0.5, 0.6) is 5.75 Å². The number of aryl methyl sites for hydroxylation is 1. The van der Waals surface area contributed by atoms with Gasteiger partial charge in [-0.1, -0.05) is 24.3 Å². The molecule has 0 aliphatic heterocycles. The summed E-state index contributed by atoms with van der Waals surface area (Å²) in [7, 11) is -2.57. The number of benzene rings is 2. The van der Waals surface area contributed by atoms with Crippen molar-refractivity contribution in [2.45, 2.75) is 18.7 Å². The highest BCUT2D eigenvalue weighted by molar-refractivity contribution is 7.93. The lowest BCUT2D eigenvalue weighted by Gasteiger charge is -2.25. The molecule has 7 heteroatoms. The van der Waals surface area contributed by atoms with Crippen molar-refractivity contribution in [3.63, 3.8) is 0 Å². The third kappa shape index (κ3) is 4.30. The molecule has 134 valence electrons. The number of likely N-dealkylation sites (N-methyl/N-ethyl adjacent to an activating group) is 1. The molecule has 0 heterocycles. The van der Waals surface area contributed by atoms with E-state index < -0.39 is 10.0 Å². The van der Waals surface area contributed by atoms with Crippen LogP contribution in [0.15, 0.2) is 53.4 Å². The highest BCUT2D eigenvalue weighted by atomic mass is 32.2. The van der Waals surface area contributed by atoms with Gasteiger partial charge in [-0.3, -0.25) is 9.10 Å². The summed E-state index contributed by atoms with van der Waals surface area (Å²) in [5.41, 5.74) is 1.20. The van der Waals surface area contributed by atoms with Gasteiger partial charge >= 0.3 is 0 Å². The molecule has 1 N–H and O–H groups in total. The van der Waals surface area contributed by atoms with Gasteiger partial charge in [0, 0.05) is 6.54 Å². The number of methoxy groups -OCH3 is 1. The molecular formula is C18H22N2O4S. The van der Waals surface area contributed by atoms with Crippen LogP contribution >= 0.6 is 0 Å². The molecule has 0 fully saturated rings. The maximum absolute atomic E-state index is 13.3. The van der Waals surface area contributed by atoms with Crippen LogP contribution in [0.4, 0.5) is 5.69 Å². The largest absolute Gasteiger partial charge is 0.495 e. The van der Waals surface area contributed by atoms with E-state index in [0.717, 1.165) is 9.87 Å². The Morgan fingerprint density at radius 1 is 1.16 bits per heavy atom. The van der Waals surface area contributed by atoms with Crippen LogP contribution < -0.4 is 14.4 Å². The highest BCUT2D eigenvalue weighted by Gasteiger charge is 2.29. The van der Waals surface area contributed by atoms with Gasteiger partial charge in [-0.2, -0.15) is 0 Å². The Hall–Kier alpha value is -2.54. The van der Waals surface area contributed by atoms with Crippen LogP contribution in [0.3, 0.4) is 0 Å². The van der Waals surface area contributed by atoms with E-state index in [1.807, 2.05) is 0 Å². The molecule has 0 spiro atoms. The van der Waals surface area contributed by atoms with Gasteiger partial charge in [-0.15, -0.1) is 0 Å². The Kier molecular flexibility index (Phi) is 6.03. The van der Waals surface area contributed by atoms with Crippen LogP contribution in [0, 0.1) is 6.92 Å².